The fraction of sp³-hybridized carbons (Fsp3) is 0.250. The molecule has 1 aromatic carbocycles. The summed E-state index contributed by atoms with van der Waals surface area (Å²) in [6, 6.07) is 2.69. The number of ether oxygens (including phenoxy) is 2. The molecule has 1 aliphatic heterocycles. The van der Waals surface area contributed by atoms with E-state index in [2.05, 4.69) is 15.9 Å². The van der Waals surface area contributed by atoms with E-state index in [1.165, 1.54) is 12.1 Å². The Kier molecular flexibility index (Phi) is 2.61. The molecule has 0 unspecified atom stereocenters. The number of halogens is 1. The molecule has 5 nitrogen and oxygen atoms in total. The minimum Gasteiger partial charge on any atom is -0.486 e. The summed E-state index contributed by atoms with van der Waals surface area (Å²) in [5.74, 6) is 0.776. The van der Waals surface area contributed by atoms with Crippen LogP contribution in [0.4, 0.5) is 0 Å². The van der Waals surface area contributed by atoms with Crippen molar-refractivity contribution in [2.24, 2.45) is 0 Å². The Hall–Kier alpha value is -0.790. The van der Waals surface area contributed by atoms with Crippen LogP contribution in [0.5, 0.6) is 11.5 Å². The molecule has 15 heavy (non-hydrogen) atoms. The van der Waals surface area contributed by atoms with E-state index in [-0.39, 0.29) is 9.37 Å². The van der Waals surface area contributed by atoms with Gasteiger partial charge in [-0.2, -0.15) is 8.42 Å². The molecular formula is C8H7BrO5S. The predicted octanol–water partition coefficient (Wildman–Crippen LogP) is 1.47. The van der Waals surface area contributed by atoms with Crippen molar-refractivity contribution in [2.75, 3.05) is 13.2 Å². The van der Waals surface area contributed by atoms with Gasteiger partial charge >= 0.3 is 0 Å². The summed E-state index contributed by atoms with van der Waals surface area (Å²) in [5.41, 5.74) is 0. The lowest BCUT2D eigenvalue weighted by Gasteiger charge is -2.19. The first-order valence-corrected chi connectivity index (χ1v) is 6.28. The SMILES string of the molecule is O=S(=O)(O)c1cc2c(cc1Br)OCCO2. The van der Waals surface area contributed by atoms with Crippen LogP contribution < -0.4 is 9.47 Å². The molecule has 0 bridgehead atoms. The predicted molar refractivity (Wildman–Crippen MR) is 54.9 cm³/mol. The summed E-state index contributed by atoms with van der Waals surface area (Å²) in [7, 11) is -4.25. The standard InChI is InChI=1S/C8H7BrO5S/c9-5-3-6-7(14-2-1-13-6)4-8(5)15(10,11)12/h3-4H,1-2H2,(H,10,11,12). The zero-order valence-corrected chi connectivity index (χ0v) is 9.84. The van der Waals surface area contributed by atoms with Crippen LogP contribution in [0, 0.1) is 0 Å². The van der Waals surface area contributed by atoms with Crippen LogP contribution in [-0.4, -0.2) is 26.2 Å². The summed E-state index contributed by atoms with van der Waals surface area (Å²) in [5, 5.41) is 0. The number of hydrogen-bond donors (Lipinski definition) is 1. The zero-order chi connectivity index (χ0) is 11.1. The molecule has 0 saturated carbocycles. The van der Waals surface area contributed by atoms with Gasteiger partial charge in [-0.3, -0.25) is 4.55 Å². The van der Waals surface area contributed by atoms with E-state index in [9.17, 15) is 8.42 Å². The lowest BCUT2D eigenvalue weighted by molar-refractivity contribution is 0.171. The molecular weight excluding hydrogens is 288 g/mol. The van der Waals surface area contributed by atoms with E-state index in [0.29, 0.717) is 24.7 Å². The number of fused-ring (bicyclic) bond motifs is 1. The number of rotatable bonds is 1. The van der Waals surface area contributed by atoms with E-state index >= 15 is 0 Å². The molecule has 1 N–H and O–H groups in total. The van der Waals surface area contributed by atoms with E-state index < -0.39 is 10.1 Å². The van der Waals surface area contributed by atoms with E-state index in [0.717, 1.165) is 0 Å². The van der Waals surface area contributed by atoms with Crippen LogP contribution in [0.2, 0.25) is 0 Å². The van der Waals surface area contributed by atoms with Crippen LogP contribution in [0.1, 0.15) is 0 Å². The first kappa shape index (κ1) is 10.7. The lowest BCUT2D eigenvalue weighted by atomic mass is 10.3. The Labute approximate surface area is 94.9 Å². The van der Waals surface area contributed by atoms with Crippen molar-refractivity contribution in [3.8, 4) is 11.5 Å². The van der Waals surface area contributed by atoms with Gasteiger partial charge in [-0.25, -0.2) is 0 Å². The van der Waals surface area contributed by atoms with Gasteiger partial charge in [0.15, 0.2) is 11.5 Å². The Balaban J connectivity index is 2.60. The smallest absolute Gasteiger partial charge is 0.295 e. The van der Waals surface area contributed by atoms with Crippen LogP contribution in [0.15, 0.2) is 21.5 Å². The third-order valence-electron chi connectivity index (χ3n) is 1.87. The Morgan fingerprint density at radius 1 is 1.20 bits per heavy atom. The van der Waals surface area contributed by atoms with Crippen LogP contribution in [0.25, 0.3) is 0 Å². The minimum absolute atomic E-state index is 0.230. The van der Waals surface area contributed by atoms with Crippen LogP contribution >= 0.6 is 15.9 Å². The average molecular weight is 295 g/mol. The normalized spacial score (nSPS) is 15.1. The maximum absolute atomic E-state index is 11.0. The summed E-state index contributed by atoms with van der Waals surface area (Å²) >= 11 is 3.04. The molecule has 1 heterocycles. The molecule has 0 radical (unpaired) electrons. The van der Waals surface area contributed by atoms with E-state index in [1.54, 1.807) is 0 Å². The fourth-order valence-corrected chi connectivity index (χ4v) is 2.74. The zero-order valence-electron chi connectivity index (χ0n) is 7.44. The third-order valence-corrected chi connectivity index (χ3v) is 3.69. The van der Waals surface area contributed by atoms with Crippen molar-refractivity contribution in [3.05, 3.63) is 16.6 Å². The van der Waals surface area contributed by atoms with Crippen molar-refractivity contribution >= 4 is 26.0 Å². The largest absolute Gasteiger partial charge is 0.486 e. The van der Waals surface area contributed by atoms with Crippen LogP contribution in [-0.2, 0) is 10.1 Å². The van der Waals surface area contributed by atoms with Crippen molar-refractivity contribution in [1.29, 1.82) is 0 Å². The van der Waals surface area contributed by atoms with E-state index in [4.69, 9.17) is 14.0 Å². The maximum atomic E-state index is 11.0. The van der Waals surface area contributed by atoms with Crippen LogP contribution in [0.3, 0.4) is 0 Å². The topological polar surface area (TPSA) is 72.8 Å². The molecule has 0 aliphatic carbocycles. The summed E-state index contributed by atoms with van der Waals surface area (Å²) in [6.45, 7) is 0.782. The molecule has 1 aromatic rings. The monoisotopic (exact) mass is 294 g/mol. The molecule has 2 rings (SSSR count). The Morgan fingerprint density at radius 3 is 2.27 bits per heavy atom. The number of benzene rings is 1. The van der Waals surface area contributed by atoms with Gasteiger partial charge < -0.3 is 9.47 Å². The molecule has 0 aromatic heterocycles. The van der Waals surface area contributed by atoms with E-state index in [1.807, 2.05) is 0 Å². The van der Waals surface area contributed by atoms with Gasteiger partial charge in [0.25, 0.3) is 10.1 Å². The average Bonchev–Trinajstić information content (AvgIpc) is 2.15. The quantitative estimate of drug-likeness (QED) is 0.794. The molecule has 7 heteroatoms. The second-order valence-corrected chi connectivity index (χ2v) is 5.15. The first-order valence-electron chi connectivity index (χ1n) is 4.05. The Bertz CT molecular complexity index is 496. The number of hydrogen-bond acceptors (Lipinski definition) is 4. The van der Waals surface area contributed by atoms with Gasteiger partial charge in [0.2, 0.25) is 0 Å². The van der Waals surface area contributed by atoms with Gasteiger partial charge in [-0.1, -0.05) is 0 Å². The summed E-state index contributed by atoms with van der Waals surface area (Å²) in [4.78, 5) is -0.230. The molecule has 0 amide bonds. The van der Waals surface area contributed by atoms with Gasteiger partial charge in [0, 0.05) is 10.5 Å². The molecule has 1 aliphatic rings. The molecule has 0 saturated heterocycles. The minimum atomic E-state index is -4.25. The van der Waals surface area contributed by atoms with Crippen molar-refractivity contribution in [1.82, 2.24) is 0 Å². The maximum Gasteiger partial charge on any atom is 0.295 e. The highest BCUT2D eigenvalue weighted by Gasteiger charge is 2.21. The van der Waals surface area contributed by atoms with Crippen molar-refractivity contribution in [2.45, 2.75) is 4.90 Å². The molecule has 82 valence electrons. The second-order valence-electron chi connectivity index (χ2n) is 2.90. The van der Waals surface area contributed by atoms with Gasteiger partial charge in [-0.15, -0.1) is 0 Å². The van der Waals surface area contributed by atoms with Gasteiger partial charge in [-0.05, 0) is 22.0 Å². The highest BCUT2D eigenvalue weighted by atomic mass is 79.9. The summed E-state index contributed by atoms with van der Waals surface area (Å²) in [6.07, 6.45) is 0. The fourth-order valence-electron chi connectivity index (χ4n) is 1.24. The van der Waals surface area contributed by atoms with Gasteiger partial charge in [0.05, 0.1) is 0 Å². The highest BCUT2D eigenvalue weighted by molar-refractivity contribution is 9.10. The van der Waals surface area contributed by atoms with Gasteiger partial charge in [0.1, 0.15) is 18.1 Å². The van der Waals surface area contributed by atoms with Crippen molar-refractivity contribution < 1.29 is 22.4 Å². The highest BCUT2D eigenvalue weighted by Crippen LogP contribution is 2.37. The summed E-state index contributed by atoms with van der Waals surface area (Å²) < 4.78 is 41.5. The lowest BCUT2D eigenvalue weighted by Crippen LogP contribution is -2.16. The molecule has 0 fully saturated rings. The molecule has 0 spiro atoms. The van der Waals surface area contributed by atoms with Crippen molar-refractivity contribution in [3.63, 3.8) is 0 Å². The second kappa shape index (κ2) is 3.66. The third kappa shape index (κ3) is 2.09. The first-order chi connectivity index (χ1) is 6.98. The molecule has 0 atom stereocenters. The Morgan fingerprint density at radius 2 is 1.73 bits per heavy atom.